The molecule has 15 heavy (non-hydrogen) atoms. The fraction of sp³-hybridized carbons (Fsp3) is 0.917. The first-order valence-corrected chi connectivity index (χ1v) is 5.39. The lowest BCUT2D eigenvalue weighted by atomic mass is 9.77. The van der Waals surface area contributed by atoms with Crippen LogP contribution in [0.25, 0.3) is 0 Å². The highest BCUT2D eigenvalue weighted by atomic mass is 16.5. The molecular formula is C12H24O3. The molecule has 0 aliphatic heterocycles. The Morgan fingerprint density at radius 1 is 1.27 bits per heavy atom. The summed E-state index contributed by atoms with van der Waals surface area (Å²) in [5, 5.41) is 0. The molecule has 0 N–H and O–H groups in total. The summed E-state index contributed by atoms with van der Waals surface area (Å²) in [4.78, 5) is 11.5. The minimum atomic E-state index is -0.173. The van der Waals surface area contributed by atoms with E-state index in [1.807, 2.05) is 0 Å². The molecule has 0 aliphatic rings. The van der Waals surface area contributed by atoms with Crippen LogP contribution in [0.4, 0.5) is 0 Å². The van der Waals surface area contributed by atoms with Crippen molar-refractivity contribution in [3.05, 3.63) is 0 Å². The highest BCUT2D eigenvalue weighted by Gasteiger charge is 2.27. The molecule has 0 aromatic rings. The van der Waals surface area contributed by atoms with Crippen LogP contribution in [0.3, 0.4) is 0 Å². The Morgan fingerprint density at radius 2 is 1.80 bits per heavy atom. The van der Waals surface area contributed by atoms with Crippen LogP contribution in [0, 0.1) is 17.3 Å². The summed E-state index contributed by atoms with van der Waals surface area (Å²) in [6.07, 6.45) is 0.810. The Kier molecular flexibility index (Phi) is 5.88. The van der Waals surface area contributed by atoms with E-state index < -0.39 is 0 Å². The summed E-state index contributed by atoms with van der Waals surface area (Å²) in [6.45, 7) is 9.13. The first-order chi connectivity index (χ1) is 6.82. The molecule has 3 heteroatoms. The molecule has 0 aliphatic carbocycles. The fourth-order valence-electron chi connectivity index (χ4n) is 1.38. The van der Waals surface area contributed by atoms with Crippen molar-refractivity contribution in [1.29, 1.82) is 0 Å². The molecule has 0 fully saturated rings. The van der Waals surface area contributed by atoms with Crippen LogP contribution < -0.4 is 0 Å². The predicted molar refractivity (Wildman–Crippen MR) is 60.6 cm³/mol. The lowest BCUT2D eigenvalue weighted by Gasteiger charge is -2.29. The Labute approximate surface area is 93.1 Å². The number of rotatable bonds is 5. The van der Waals surface area contributed by atoms with Crippen LogP contribution >= 0.6 is 0 Å². The molecule has 0 amide bonds. The molecule has 0 radical (unpaired) electrons. The normalized spacial score (nSPS) is 15.9. The third kappa shape index (κ3) is 5.17. The van der Waals surface area contributed by atoms with E-state index >= 15 is 0 Å². The number of esters is 1. The number of carbonyl (C=O) groups excluding carboxylic acids is 1. The minimum absolute atomic E-state index is 0.144. The molecule has 2 atom stereocenters. The number of hydrogen-bond donors (Lipinski definition) is 0. The molecule has 0 rings (SSSR count). The molecule has 0 bridgehead atoms. The Bertz CT molecular complexity index is 194. The van der Waals surface area contributed by atoms with Crippen molar-refractivity contribution in [2.24, 2.45) is 17.3 Å². The zero-order valence-electron chi connectivity index (χ0n) is 10.8. The van der Waals surface area contributed by atoms with Gasteiger partial charge in [-0.2, -0.15) is 0 Å². The molecule has 0 saturated carbocycles. The van der Waals surface area contributed by atoms with Crippen molar-refractivity contribution in [3.8, 4) is 0 Å². The van der Waals surface area contributed by atoms with E-state index in [-0.39, 0.29) is 17.3 Å². The maximum absolute atomic E-state index is 11.5. The van der Waals surface area contributed by atoms with Gasteiger partial charge in [0.2, 0.25) is 0 Å². The van der Waals surface area contributed by atoms with Crippen LogP contribution in [0.2, 0.25) is 0 Å². The van der Waals surface area contributed by atoms with E-state index in [9.17, 15) is 4.79 Å². The summed E-state index contributed by atoms with van der Waals surface area (Å²) in [6, 6.07) is 0. The molecular weight excluding hydrogens is 192 g/mol. The van der Waals surface area contributed by atoms with Crippen LogP contribution in [0.1, 0.15) is 34.1 Å². The molecule has 90 valence electrons. The highest BCUT2D eigenvalue weighted by Crippen LogP contribution is 2.31. The van der Waals surface area contributed by atoms with E-state index in [0.717, 1.165) is 6.42 Å². The van der Waals surface area contributed by atoms with Crippen LogP contribution in [-0.4, -0.2) is 26.8 Å². The molecule has 0 spiro atoms. The average molecular weight is 216 g/mol. The van der Waals surface area contributed by atoms with Crippen molar-refractivity contribution in [3.63, 3.8) is 0 Å². The number of carbonyl (C=O) groups is 1. The molecule has 0 aromatic carbocycles. The smallest absolute Gasteiger partial charge is 0.311 e. The van der Waals surface area contributed by atoms with Gasteiger partial charge in [-0.1, -0.05) is 27.7 Å². The van der Waals surface area contributed by atoms with Gasteiger partial charge >= 0.3 is 5.97 Å². The largest absolute Gasteiger partial charge is 0.469 e. The third-order valence-electron chi connectivity index (χ3n) is 3.02. The van der Waals surface area contributed by atoms with Gasteiger partial charge in [-0.15, -0.1) is 0 Å². The predicted octanol–water partition coefficient (Wildman–Crippen LogP) is 2.49. The molecule has 3 nitrogen and oxygen atoms in total. The second-order valence-corrected chi connectivity index (χ2v) is 5.18. The summed E-state index contributed by atoms with van der Waals surface area (Å²) in [7, 11) is 3.03. The maximum Gasteiger partial charge on any atom is 0.311 e. The molecule has 0 saturated heterocycles. The highest BCUT2D eigenvalue weighted by molar-refractivity contribution is 5.72. The summed E-state index contributed by atoms with van der Waals surface area (Å²) < 4.78 is 9.80. The van der Waals surface area contributed by atoms with E-state index in [4.69, 9.17) is 9.47 Å². The Morgan fingerprint density at radius 3 is 2.13 bits per heavy atom. The topological polar surface area (TPSA) is 35.5 Å². The summed E-state index contributed by atoms with van der Waals surface area (Å²) >= 11 is 0. The quantitative estimate of drug-likeness (QED) is 0.662. The first kappa shape index (κ1) is 14.4. The zero-order chi connectivity index (χ0) is 12.1. The van der Waals surface area contributed by atoms with Gasteiger partial charge in [0.05, 0.1) is 19.6 Å². The Hall–Kier alpha value is -0.570. The van der Waals surface area contributed by atoms with Gasteiger partial charge < -0.3 is 9.47 Å². The van der Waals surface area contributed by atoms with Crippen molar-refractivity contribution < 1.29 is 14.3 Å². The number of methoxy groups -OCH3 is 2. The summed E-state index contributed by atoms with van der Waals surface area (Å²) in [5.74, 6) is 0.138. The second-order valence-electron chi connectivity index (χ2n) is 5.18. The van der Waals surface area contributed by atoms with Crippen LogP contribution in [-0.2, 0) is 14.3 Å². The lowest BCUT2D eigenvalue weighted by molar-refractivity contribution is -0.148. The van der Waals surface area contributed by atoms with Crippen molar-refractivity contribution in [2.75, 3.05) is 20.8 Å². The number of hydrogen-bond acceptors (Lipinski definition) is 3. The van der Waals surface area contributed by atoms with Crippen molar-refractivity contribution >= 4 is 5.97 Å². The third-order valence-corrected chi connectivity index (χ3v) is 3.02. The van der Waals surface area contributed by atoms with Gasteiger partial charge in [0, 0.05) is 7.11 Å². The molecule has 0 heterocycles. The average Bonchev–Trinajstić information content (AvgIpc) is 2.14. The van der Waals surface area contributed by atoms with Crippen LogP contribution in [0.15, 0.2) is 0 Å². The van der Waals surface area contributed by atoms with E-state index in [1.165, 1.54) is 7.11 Å². The zero-order valence-corrected chi connectivity index (χ0v) is 10.8. The monoisotopic (exact) mass is 216 g/mol. The second kappa shape index (κ2) is 6.11. The van der Waals surface area contributed by atoms with E-state index in [2.05, 4.69) is 27.7 Å². The van der Waals surface area contributed by atoms with Gasteiger partial charge in [-0.3, -0.25) is 4.79 Å². The number of ether oxygens (including phenoxy) is 2. The molecule has 2 unspecified atom stereocenters. The van der Waals surface area contributed by atoms with Gasteiger partial charge in [0.15, 0.2) is 0 Å². The standard InChI is InChI=1S/C12H24O3/c1-9(12(2,3)4)7-10(8-14-5)11(13)15-6/h9-10H,7-8H2,1-6H3. The van der Waals surface area contributed by atoms with Gasteiger partial charge in [-0.05, 0) is 17.8 Å². The van der Waals surface area contributed by atoms with Gasteiger partial charge in [-0.25, -0.2) is 0 Å². The minimum Gasteiger partial charge on any atom is -0.469 e. The fourth-order valence-corrected chi connectivity index (χ4v) is 1.38. The van der Waals surface area contributed by atoms with Crippen molar-refractivity contribution in [2.45, 2.75) is 34.1 Å². The van der Waals surface area contributed by atoms with E-state index in [0.29, 0.717) is 12.5 Å². The summed E-state index contributed by atoms with van der Waals surface area (Å²) in [5.41, 5.74) is 0.208. The Balaban J connectivity index is 4.34. The first-order valence-electron chi connectivity index (χ1n) is 5.39. The maximum atomic E-state index is 11.5. The van der Waals surface area contributed by atoms with Gasteiger partial charge in [0.25, 0.3) is 0 Å². The SMILES string of the molecule is COCC(CC(C)C(C)(C)C)C(=O)OC. The van der Waals surface area contributed by atoms with Crippen molar-refractivity contribution in [1.82, 2.24) is 0 Å². The van der Waals surface area contributed by atoms with Gasteiger partial charge in [0.1, 0.15) is 0 Å². The van der Waals surface area contributed by atoms with E-state index in [1.54, 1.807) is 7.11 Å². The lowest BCUT2D eigenvalue weighted by Crippen LogP contribution is -2.28. The van der Waals surface area contributed by atoms with Crippen LogP contribution in [0.5, 0.6) is 0 Å². The molecule has 0 aromatic heterocycles.